The molecule has 2 fully saturated rings. The fraction of sp³-hybridized carbons (Fsp3) is 0.794. The second-order valence-corrected chi connectivity index (χ2v) is 13.2. The van der Waals surface area contributed by atoms with Crippen LogP contribution in [-0.4, -0.2) is 91.9 Å². The number of carbonyl (C=O) groups excluding carboxylic acids is 3. The van der Waals surface area contributed by atoms with E-state index in [0.29, 0.717) is 44.5 Å². The zero-order valence-electron chi connectivity index (χ0n) is 27.0. The van der Waals surface area contributed by atoms with Crippen molar-refractivity contribution >= 4 is 17.5 Å². The number of hydrogen-bond donors (Lipinski definition) is 2. The molecule has 0 aromatic carbocycles. The van der Waals surface area contributed by atoms with Crippen LogP contribution in [0.4, 0.5) is 4.39 Å². The topological polar surface area (TPSA) is 129 Å². The summed E-state index contributed by atoms with van der Waals surface area (Å²) in [7, 11) is 0. The molecule has 3 aliphatic rings. The summed E-state index contributed by atoms with van der Waals surface area (Å²) in [5.41, 5.74) is -2.77. The van der Waals surface area contributed by atoms with Gasteiger partial charge >= 0.3 is 5.97 Å². The number of fused-ring (bicyclic) bond motifs is 1. The molecular formula is C34H53FO9. The third-order valence-corrected chi connectivity index (χ3v) is 9.94. The van der Waals surface area contributed by atoms with Crippen LogP contribution in [0.1, 0.15) is 85.5 Å². The van der Waals surface area contributed by atoms with E-state index >= 15 is 0 Å². The highest BCUT2D eigenvalue weighted by atomic mass is 19.1. The first-order valence-electron chi connectivity index (χ1n) is 16.3. The largest absolute Gasteiger partial charge is 0.456 e. The number of alkyl halides is 1. The lowest BCUT2D eigenvalue weighted by molar-refractivity contribution is -0.200. The van der Waals surface area contributed by atoms with Crippen molar-refractivity contribution in [2.75, 3.05) is 46.3 Å². The number of unbranched alkanes of at least 4 members (excludes halogenated alkanes) is 2. The van der Waals surface area contributed by atoms with Gasteiger partial charge in [-0.1, -0.05) is 45.3 Å². The molecule has 3 aliphatic carbocycles. The van der Waals surface area contributed by atoms with Gasteiger partial charge in [0.25, 0.3) is 0 Å². The number of carbonyl (C=O) groups is 3. The third-order valence-electron chi connectivity index (χ3n) is 9.94. The first-order valence-corrected chi connectivity index (χ1v) is 16.3. The first kappa shape index (κ1) is 36.5. The number of ether oxygens (including phenoxy) is 4. The Morgan fingerprint density at radius 2 is 1.75 bits per heavy atom. The Morgan fingerprint density at radius 3 is 2.45 bits per heavy atom. The van der Waals surface area contributed by atoms with Crippen LogP contribution >= 0.6 is 0 Å². The monoisotopic (exact) mass is 624 g/mol. The van der Waals surface area contributed by atoms with Gasteiger partial charge < -0.3 is 29.2 Å². The molecule has 7 unspecified atom stereocenters. The summed E-state index contributed by atoms with van der Waals surface area (Å²) in [6, 6.07) is 0. The van der Waals surface area contributed by atoms with Gasteiger partial charge in [-0.3, -0.25) is 9.59 Å². The van der Waals surface area contributed by atoms with E-state index in [2.05, 4.69) is 6.92 Å². The summed E-state index contributed by atoms with van der Waals surface area (Å²) >= 11 is 0. The number of esters is 1. The normalized spacial score (nSPS) is 33.2. The molecule has 2 N–H and O–H groups in total. The summed E-state index contributed by atoms with van der Waals surface area (Å²) in [6.07, 6.45) is 7.99. The smallest absolute Gasteiger partial charge is 0.332 e. The van der Waals surface area contributed by atoms with Gasteiger partial charge in [0.1, 0.15) is 13.3 Å². The molecule has 9 nitrogen and oxygen atoms in total. The molecule has 2 saturated carbocycles. The van der Waals surface area contributed by atoms with E-state index in [1.54, 1.807) is 13.0 Å². The highest BCUT2D eigenvalue weighted by molar-refractivity contribution is 6.01. The fourth-order valence-electron chi connectivity index (χ4n) is 7.58. The Bertz CT molecular complexity index is 1040. The zero-order chi connectivity index (χ0) is 32.4. The quantitative estimate of drug-likeness (QED) is 0.158. The molecule has 0 bridgehead atoms. The van der Waals surface area contributed by atoms with E-state index in [9.17, 15) is 29.0 Å². The number of ketones is 2. The first-order chi connectivity index (χ1) is 21.0. The van der Waals surface area contributed by atoms with Gasteiger partial charge in [-0.15, -0.1) is 0 Å². The van der Waals surface area contributed by atoms with Crippen molar-refractivity contribution in [1.29, 1.82) is 0 Å². The van der Waals surface area contributed by atoms with Crippen molar-refractivity contribution in [3.05, 3.63) is 23.8 Å². The maximum atomic E-state index is 14.0. The highest BCUT2D eigenvalue weighted by Crippen LogP contribution is 2.62. The number of halogens is 1. The van der Waals surface area contributed by atoms with Crippen LogP contribution < -0.4 is 0 Å². The van der Waals surface area contributed by atoms with E-state index in [-0.39, 0.29) is 50.3 Å². The van der Waals surface area contributed by atoms with Crippen LogP contribution in [0.3, 0.4) is 0 Å². The minimum atomic E-state index is -1.67. The fourth-order valence-corrected chi connectivity index (χ4v) is 7.58. The average molecular weight is 625 g/mol. The van der Waals surface area contributed by atoms with Crippen LogP contribution in [-0.2, 0) is 33.3 Å². The molecule has 0 aliphatic heterocycles. The Balaban J connectivity index is 1.77. The molecule has 44 heavy (non-hydrogen) atoms. The van der Waals surface area contributed by atoms with E-state index < -0.39 is 53.7 Å². The van der Waals surface area contributed by atoms with Gasteiger partial charge in [0.15, 0.2) is 18.0 Å². The summed E-state index contributed by atoms with van der Waals surface area (Å²) in [5.74, 6) is -1.71. The molecule has 10 heteroatoms. The van der Waals surface area contributed by atoms with Crippen LogP contribution in [0.15, 0.2) is 23.8 Å². The summed E-state index contributed by atoms with van der Waals surface area (Å²) in [4.78, 5) is 38.5. The molecule has 0 spiro atoms. The van der Waals surface area contributed by atoms with Gasteiger partial charge in [-0.2, -0.15) is 0 Å². The molecule has 250 valence electrons. The van der Waals surface area contributed by atoms with Gasteiger partial charge in [0.2, 0.25) is 5.78 Å². The lowest BCUT2D eigenvalue weighted by Crippen LogP contribution is -2.62. The zero-order valence-corrected chi connectivity index (χ0v) is 27.0. The molecule has 0 aromatic rings. The van der Waals surface area contributed by atoms with Crippen LogP contribution in [0, 0.1) is 22.7 Å². The van der Waals surface area contributed by atoms with Crippen LogP contribution in [0.2, 0.25) is 0 Å². The lowest BCUT2D eigenvalue weighted by atomic mass is 9.57. The standard InChI is InChI=1S/C34H53FO9/c1-5-7-8-14-44-34(30(39)21-43-31(40)22-42-16-15-41-13-6-2)29(38)19-28-24(17-27(37)20-33(28,34)4)9-10-25-18-26(36)11-12-32(25,3)23-35/h11-12,18,24,27-29,37-38H,5-10,13-17,19-23H2,1-4H3. The Labute approximate surface area is 261 Å². The SMILES string of the molecule is CCCCCOC1(C(=O)COC(=O)COCCOCCC)C(O)CC2C(CCC3=CC(=O)C=CC3(C)CF)CC(O)CC21C. The molecule has 0 radical (unpaired) electrons. The predicted molar refractivity (Wildman–Crippen MR) is 163 cm³/mol. The second kappa shape index (κ2) is 16.5. The number of rotatable bonds is 19. The van der Waals surface area contributed by atoms with Crippen molar-refractivity contribution in [2.24, 2.45) is 22.7 Å². The highest BCUT2D eigenvalue weighted by Gasteiger charge is 2.69. The van der Waals surface area contributed by atoms with Crippen molar-refractivity contribution in [3.63, 3.8) is 0 Å². The minimum Gasteiger partial charge on any atom is -0.456 e. The summed E-state index contributed by atoms with van der Waals surface area (Å²) < 4.78 is 36.4. The van der Waals surface area contributed by atoms with E-state index in [0.717, 1.165) is 19.3 Å². The van der Waals surface area contributed by atoms with Gasteiger partial charge in [-0.05, 0) is 75.9 Å². The van der Waals surface area contributed by atoms with Crippen molar-refractivity contribution in [3.8, 4) is 0 Å². The number of Topliss-reactive ketones (excluding diaryl/α,β-unsaturated/α-hetero) is 1. The molecule has 0 heterocycles. The Hall–Kier alpha value is -1.98. The van der Waals surface area contributed by atoms with Crippen molar-refractivity contribution in [2.45, 2.75) is 103 Å². The summed E-state index contributed by atoms with van der Waals surface area (Å²) in [5, 5.41) is 22.7. The molecular weight excluding hydrogens is 571 g/mol. The predicted octanol–water partition coefficient (Wildman–Crippen LogP) is 4.47. The second-order valence-electron chi connectivity index (χ2n) is 13.2. The molecule has 0 amide bonds. The van der Waals surface area contributed by atoms with Gasteiger partial charge in [0, 0.05) is 24.0 Å². The number of aliphatic hydroxyl groups excluding tert-OH is 2. The Morgan fingerprint density at radius 1 is 1.00 bits per heavy atom. The van der Waals surface area contributed by atoms with Crippen LogP contribution in [0.25, 0.3) is 0 Å². The van der Waals surface area contributed by atoms with Crippen molar-refractivity contribution < 1.29 is 47.9 Å². The Kier molecular flexibility index (Phi) is 13.7. The minimum absolute atomic E-state index is 0.107. The average Bonchev–Trinajstić information content (AvgIpc) is 3.22. The molecule has 3 rings (SSSR count). The maximum absolute atomic E-state index is 14.0. The summed E-state index contributed by atoms with van der Waals surface area (Å²) in [6.45, 7) is 7.57. The van der Waals surface area contributed by atoms with E-state index in [1.165, 1.54) is 12.2 Å². The van der Waals surface area contributed by atoms with E-state index in [4.69, 9.17) is 18.9 Å². The number of hydrogen-bond acceptors (Lipinski definition) is 9. The van der Waals surface area contributed by atoms with Crippen molar-refractivity contribution in [1.82, 2.24) is 0 Å². The van der Waals surface area contributed by atoms with Gasteiger partial charge in [0.05, 0.1) is 25.4 Å². The number of allylic oxidation sites excluding steroid dienone is 4. The van der Waals surface area contributed by atoms with Gasteiger partial charge in [-0.25, -0.2) is 9.18 Å². The third kappa shape index (κ3) is 8.23. The maximum Gasteiger partial charge on any atom is 0.332 e. The molecule has 0 aromatic heterocycles. The lowest BCUT2D eigenvalue weighted by Gasteiger charge is -2.51. The van der Waals surface area contributed by atoms with E-state index in [1.807, 2.05) is 13.8 Å². The molecule has 0 saturated heterocycles. The number of aliphatic hydroxyl groups is 2. The van der Waals surface area contributed by atoms with Crippen LogP contribution in [0.5, 0.6) is 0 Å². The molecule has 7 atom stereocenters.